The Morgan fingerprint density at radius 3 is 2.50 bits per heavy atom. The molecule has 0 aromatic rings. The predicted molar refractivity (Wildman–Crippen MR) is 43.7 cm³/mol. The monoisotopic (exact) mass is 165 g/mol. The van der Waals surface area contributed by atoms with Gasteiger partial charge in [0, 0.05) is 6.04 Å². The standard InChI is InChI=1S/C8H11N3O/c1-5(2)11-4-7(12)6(3-9)8(11)10/h5H,4,10H2,1-2H3. The van der Waals surface area contributed by atoms with E-state index in [-0.39, 0.29) is 23.9 Å². The van der Waals surface area contributed by atoms with Crippen molar-refractivity contribution in [2.75, 3.05) is 6.54 Å². The van der Waals surface area contributed by atoms with Crippen LogP contribution in [0, 0.1) is 11.3 Å². The Balaban J connectivity index is 2.99. The second-order valence-corrected chi connectivity index (χ2v) is 3.02. The molecule has 0 aromatic heterocycles. The van der Waals surface area contributed by atoms with Gasteiger partial charge >= 0.3 is 0 Å². The molecule has 4 heteroatoms. The zero-order valence-corrected chi connectivity index (χ0v) is 7.16. The van der Waals surface area contributed by atoms with Crippen molar-refractivity contribution < 1.29 is 4.79 Å². The van der Waals surface area contributed by atoms with Crippen molar-refractivity contribution in [1.29, 1.82) is 5.26 Å². The van der Waals surface area contributed by atoms with E-state index in [0.717, 1.165) is 0 Å². The topological polar surface area (TPSA) is 70.1 Å². The van der Waals surface area contributed by atoms with E-state index in [1.807, 2.05) is 19.9 Å². The van der Waals surface area contributed by atoms with Crippen LogP contribution in [-0.4, -0.2) is 23.3 Å². The number of carbonyl (C=O) groups is 1. The van der Waals surface area contributed by atoms with Gasteiger partial charge in [0.05, 0.1) is 6.54 Å². The quantitative estimate of drug-likeness (QED) is 0.592. The summed E-state index contributed by atoms with van der Waals surface area (Å²) < 4.78 is 0. The molecule has 0 aliphatic carbocycles. The van der Waals surface area contributed by atoms with Gasteiger partial charge in [-0.3, -0.25) is 4.79 Å². The molecule has 0 unspecified atom stereocenters. The third-order valence-electron chi connectivity index (χ3n) is 1.89. The number of hydrogen-bond acceptors (Lipinski definition) is 4. The van der Waals surface area contributed by atoms with Crippen molar-refractivity contribution in [3.63, 3.8) is 0 Å². The Labute approximate surface area is 71.3 Å². The van der Waals surface area contributed by atoms with Crippen molar-refractivity contribution in [3.8, 4) is 6.07 Å². The number of nitrogens with two attached hydrogens (primary N) is 1. The highest BCUT2D eigenvalue weighted by molar-refractivity contribution is 6.03. The van der Waals surface area contributed by atoms with E-state index in [0.29, 0.717) is 5.82 Å². The summed E-state index contributed by atoms with van der Waals surface area (Å²) in [6.07, 6.45) is 0. The van der Waals surface area contributed by atoms with E-state index in [9.17, 15) is 4.79 Å². The second kappa shape index (κ2) is 2.86. The third kappa shape index (κ3) is 1.14. The number of nitrogens with zero attached hydrogens (tertiary/aromatic N) is 2. The average Bonchev–Trinajstić information content (AvgIpc) is 2.27. The van der Waals surface area contributed by atoms with Crippen LogP contribution >= 0.6 is 0 Å². The molecule has 0 fully saturated rings. The van der Waals surface area contributed by atoms with E-state index in [4.69, 9.17) is 11.0 Å². The predicted octanol–water partition coefficient (Wildman–Crippen LogP) is -0.0266. The van der Waals surface area contributed by atoms with Gasteiger partial charge < -0.3 is 10.6 Å². The van der Waals surface area contributed by atoms with E-state index < -0.39 is 0 Å². The smallest absolute Gasteiger partial charge is 0.196 e. The van der Waals surface area contributed by atoms with Crippen LogP contribution in [0.2, 0.25) is 0 Å². The molecule has 1 rings (SSSR count). The fraction of sp³-hybridized carbons (Fsp3) is 0.500. The molecule has 0 spiro atoms. The van der Waals surface area contributed by atoms with Gasteiger partial charge in [-0.25, -0.2) is 0 Å². The van der Waals surface area contributed by atoms with Crippen LogP contribution in [0.25, 0.3) is 0 Å². The number of rotatable bonds is 1. The number of ketones is 1. The molecule has 0 bridgehead atoms. The van der Waals surface area contributed by atoms with Crippen LogP contribution in [0.5, 0.6) is 0 Å². The number of Topliss-reactive ketones (excluding diaryl/α,β-unsaturated/α-hetero) is 1. The van der Waals surface area contributed by atoms with Crippen LogP contribution < -0.4 is 5.73 Å². The number of carbonyl (C=O) groups excluding carboxylic acids is 1. The molecule has 0 saturated carbocycles. The SMILES string of the molecule is CC(C)N1CC(=O)C(C#N)=C1N. The minimum Gasteiger partial charge on any atom is -0.384 e. The maximum Gasteiger partial charge on any atom is 0.196 e. The van der Waals surface area contributed by atoms with Crippen molar-refractivity contribution in [3.05, 3.63) is 11.4 Å². The van der Waals surface area contributed by atoms with Crippen molar-refractivity contribution in [1.82, 2.24) is 4.90 Å². The first-order valence-corrected chi connectivity index (χ1v) is 3.77. The van der Waals surface area contributed by atoms with Crippen molar-refractivity contribution in [2.24, 2.45) is 5.73 Å². The first kappa shape index (κ1) is 8.60. The third-order valence-corrected chi connectivity index (χ3v) is 1.89. The molecule has 0 atom stereocenters. The molecule has 0 aromatic carbocycles. The molecule has 0 amide bonds. The van der Waals surface area contributed by atoms with Crippen LogP contribution in [-0.2, 0) is 4.79 Å². The Bertz CT molecular complexity index is 285. The lowest BCUT2D eigenvalue weighted by Crippen LogP contribution is -2.32. The average molecular weight is 165 g/mol. The number of hydrogen-bond donors (Lipinski definition) is 1. The molecule has 4 nitrogen and oxygen atoms in total. The molecule has 1 aliphatic rings. The Hall–Kier alpha value is -1.50. The van der Waals surface area contributed by atoms with E-state index in [1.165, 1.54) is 0 Å². The first-order valence-electron chi connectivity index (χ1n) is 3.77. The summed E-state index contributed by atoms with van der Waals surface area (Å²) in [7, 11) is 0. The van der Waals surface area contributed by atoms with Gasteiger partial charge in [-0.2, -0.15) is 5.26 Å². The molecule has 64 valence electrons. The lowest BCUT2D eigenvalue weighted by atomic mass is 10.2. The summed E-state index contributed by atoms with van der Waals surface area (Å²) in [4.78, 5) is 12.9. The largest absolute Gasteiger partial charge is 0.384 e. The highest BCUT2D eigenvalue weighted by atomic mass is 16.1. The minimum atomic E-state index is -0.177. The Morgan fingerprint density at radius 2 is 2.25 bits per heavy atom. The molecular formula is C8H11N3O. The summed E-state index contributed by atoms with van der Waals surface area (Å²) in [5.74, 6) is 0.140. The van der Waals surface area contributed by atoms with Crippen LogP contribution in [0.1, 0.15) is 13.8 Å². The maximum atomic E-state index is 11.1. The highest BCUT2D eigenvalue weighted by Gasteiger charge is 2.29. The van der Waals surface area contributed by atoms with Gasteiger partial charge in [-0.1, -0.05) is 0 Å². The Morgan fingerprint density at radius 1 is 1.67 bits per heavy atom. The van der Waals surface area contributed by atoms with Crippen LogP contribution in [0.4, 0.5) is 0 Å². The highest BCUT2D eigenvalue weighted by Crippen LogP contribution is 2.17. The lowest BCUT2D eigenvalue weighted by molar-refractivity contribution is -0.114. The first-order chi connectivity index (χ1) is 5.57. The van der Waals surface area contributed by atoms with Gasteiger partial charge in [-0.05, 0) is 13.8 Å². The normalized spacial score (nSPS) is 17.5. The zero-order chi connectivity index (χ0) is 9.30. The second-order valence-electron chi connectivity index (χ2n) is 3.02. The summed E-state index contributed by atoms with van der Waals surface area (Å²) in [6, 6.07) is 1.98. The fourth-order valence-electron chi connectivity index (χ4n) is 1.19. The van der Waals surface area contributed by atoms with Crippen molar-refractivity contribution in [2.45, 2.75) is 19.9 Å². The molecule has 0 radical (unpaired) electrons. The number of nitriles is 1. The van der Waals surface area contributed by atoms with Gasteiger partial charge in [0.2, 0.25) is 0 Å². The van der Waals surface area contributed by atoms with E-state index in [1.54, 1.807) is 4.90 Å². The van der Waals surface area contributed by atoms with E-state index in [2.05, 4.69) is 0 Å². The summed E-state index contributed by atoms with van der Waals surface area (Å²) in [5.41, 5.74) is 5.69. The van der Waals surface area contributed by atoms with Crippen LogP contribution in [0.15, 0.2) is 11.4 Å². The van der Waals surface area contributed by atoms with Gasteiger partial charge in [0.1, 0.15) is 17.5 Å². The molecule has 2 N–H and O–H groups in total. The zero-order valence-electron chi connectivity index (χ0n) is 7.16. The Kier molecular flexibility index (Phi) is 2.05. The van der Waals surface area contributed by atoms with E-state index >= 15 is 0 Å². The summed E-state index contributed by atoms with van der Waals surface area (Å²) in [6.45, 7) is 4.10. The van der Waals surface area contributed by atoms with Crippen LogP contribution in [0.3, 0.4) is 0 Å². The van der Waals surface area contributed by atoms with Gasteiger partial charge in [0.25, 0.3) is 0 Å². The fourth-order valence-corrected chi connectivity index (χ4v) is 1.19. The van der Waals surface area contributed by atoms with Crippen molar-refractivity contribution >= 4 is 5.78 Å². The maximum absolute atomic E-state index is 11.1. The van der Waals surface area contributed by atoms with Gasteiger partial charge in [-0.15, -0.1) is 0 Å². The molecule has 0 saturated heterocycles. The lowest BCUT2D eigenvalue weighted by Gasteiger charge is -2.22. The summed E-state index contributed by atoms with van der Waals surface area (Å²) >= 11 is 0. The molecule has 12 heavy (non-hydrogen) atoms. The molecule has 1 heterocycles. The van der Waals surface area contributed by atoms with Gasteiger partial charge in [0.15, 0.2) is 5.78 Å². The summed E-state index contributed by atoms with van der Waals surface area (Å²) in [5, 5.41) is 8.57. The minimum absolute atomic E-state index is 0.101. The molecule has 1 aliphatic heterocycles. The molecular weight excluding hydrogens is 154 g/mol.